The van der Waals surface area contributed by atoms with Crippen LogP contribution in [-0.2, 0) is 4.74 Å². The summed E-state index contributed by atoms with van der Waals surface area (Å²) in [4.78, 5) is 11.1. The molecular formula is C10H13Cl2NO2. The van der Waals surface area contributed by atoms with E-state index in [1.54, 1.807) is 31.2 Å². The zero-order valence-corrected chi connectivity index (χ0v) is 9.89. The molecule has 0 saturated carbocycles. The van der Waals surface area contributed by atoms with Crippen LogP contribution in [0, 0.1) is 0 Å². The molecule has 0 unspecified atom stereocenters. The predicted octanol–water partition coefficient (Wildman–Crippen LogP) is 2.87. The van der Waals surface area contributed by atoms with Crippen LogP contribution in [-0.4, -0.2) is 17.9 Å². The van der Waals surface area contributed by atoms with E-state index in [9.17, 15) is 4.79 Å². The van der Waals surface area contributed by atoms with Crippen molar-refractivity contribution in [3.8, 4) is 0 Å². The number of carbonyl (C=O) groups is 1. The van der Waals surface area contributed by atoms with Gasteiger partial charge in [0.15, 0.2) is 0 Å². The fourth-order valence-electron chi connectivity index (χ4n) is 0.834. The zero-order chi connectivity index (χ0) is 11.7. The van der Waals surface area contributed by atoms with Crippen molar-refractivity contribution in [1.82, 2.24) is 0 Å². The van der Waals surface area contributed by atoms with Gasteiger partial charge in [0.2, 0.25) is 0 Å². The number of benzene rings is 1. The average molecular weight is 250 g/mol. The Hall–Kier alpha value is -0.930. The van der Waals surface area contributed by atoms with Crippen molar-refractivity contribution in [2.24, 2.45) is 0 Å². The number of alkyl halides is 2. The fourth-order valence-corrected chi connectivity index (χ4v) is 0.834. The molecule has 2 N–H and O–H groups in total. The lowest BCUT2D eigenvalue weighted by atomic mass is 10.2. The van der Waals surface area contributed by atoms with Gasteiger partial charge in [0, 0.05) is 5.69 Å². The highest BCUT2D eigenvalue weighted by Gasteiger charge is 2.03. The van der Waals surface area contributed by atoms with Crippen LogP contribution < -0.4 is 5.73 Å². The highest BCUT2D eigenvalue weighted by atomic mass is 35.5. The van der Waals surface area contributed by atoms with Crippen LogP contribution in [0.25, 0.3) is 0 Å². The first kappa shape index (κ1) is 14.1. The lowest BCUT2D eigenvalue weighted by Crippen LogP contribution is -2.04. The maximum Gasteiger partial charge on any atom is 0.338 e. The molecule has 0 heterocycles. The molecule has 0 amide bonds. The van der Waals surface area contributed by atoms with E-state index in [0.29, 0.717) is 17.9 Å². The molecule has 0 fully saturated rings. The van der Waals surface area contributed by atoms with E-state index in [0.717, 1.165) is 0 Å². The molecule has 0 atom stereocenters. The number of ether oxygens (including phenoxy) is 1. The summed E-state index contributed by atoms with van der Waals surface area (Å²) < 4.78 is 4.79. The molecule has 5 heteroatoms. The van der Waals surface area contributed by atoms with E-state index in [4.69, 9.17) is 33.7 Å². The van der Waals surface area contributed by atoms with Crippen molar-refractivity contribution in [1.29, 1.82) is 0 Å². The maximum atomic E-state index is 11.1. The topological polar surface area (TPSA) is 52.3 Å². The van der Waals surface area contributed by atoms with E-state index in [-0.39, 0.29) is 11.3 Å². The number of esters is 1. The molecule has 0 saturated heterocycles. The number of nitrogens with two attached hydrogens (primary N) is 1. The molecule has 1 aromatic rings. The second-order valence-electron chi connectivity index (χ2n) is 2.44. The molecule has 0 aliphatic heterocycles. The first-order chi connectivity index (χ1) is 7.15. The average Bonchev–Trinajstić information content (AvgIpc) is 2.20. The van der Waals surface area contributed by atoms with Gasteiger partial charge in [-0.2, -0.15) is 0 Å². The highest BCUT2D eigenvalue weighted by Crippen LogP contribution is 2.06. The third kappa shape index (κ3) is 6.20. The summed E-state index contributed by atoms with van der Waals surface area (Å²) in [5.74, 6) is -0.308. The van der Waals surface area contributed by atoms with Crippen molar-refractivity contribution >= 4 is 34.9 Å². The van der Waals surface area contributed by atoms with Gasteiger partial charge in [-0.25, -0.2) is 4.79 Å². The monoisotopic (exact) mass is 249 g/mol. The standard InChI is InChI=1S/C9H11NO2.CH2Cl2/c1-2-12-9(11)7-3-5-8(10)6-4-7;2-1-3/h3-6H,2,10H2,1H3;1H2. The maximum absolute atomic E-state index is 11.1. The highest BCUT2D eigenvalue weighted by molar-refractivity contribution is 6.40. The quantitative estimate of drug-likeness (QED) is 0.498. The minimum atomic E-state index is -0.308. The number of carbonyl (C=O) groups excluding carboxylic acids is 1. The summed E-state index contributed by atoms with van der Waals surface area (Å²) in [5, 5.41) is 0.194. The van der Waals surface area contributed by atoms with Gasteiger partial charge in [-0.15, -0.1) is 23.2 Å². The SMILES string of the molecule is CCOC(=O)c1ccc(N)cc1.ClCCl. The molecule has 0 bridgehead atoms. The summed E-state index contributed by atoms with van der Waals surface area (Å²) in [7, 11) is 0. The number of anilines is 1. The largest absolute Gasteiger partial charge is 0.462 e. The minimum absolute atomic E-state index is 0.194. The molecule has 0 spiro atoms. The van der Waals surface area contributed by atoms with E-state index in [1.807, 2.05) is 0 Å². The molecule has 15 heavy (non-hydrogen) atoms. The Morgan fingerprint density at radius 2 is 1.80 bits per heavy atom. The van der Waals surface area contributed by atoms with Crippen molar-refractivity contribution in [2.45, 2.75) is 6.92 Å². The second-order valence-corrected chi connectivity index (χ2v) is 3.25. The molecule has 3 nitrogen and oxygen atoms in total. The van der Waals surface area contributed by atoms with Crippen LogP contribution in [0.4, 0.5) is 5.69 Å². The summed E-state index contributed by atoms with van der Waals surface area (Å²) >= 11 is 9.53. The van der Waals surface area contributed by atoms with Crippen LogP contribution >= 0.6 is 23.2 Å². The Morgan fingerprint density at radius 3 is 2.20 bits per heavy atom. The molecule has 0 aliphatic carbocycles. The normalized spacial score (nSPS) is 8.73. The van der Waals surface area contributed by atoms with E-state index in [2.05, 4.69) is 0 Å². The van der Waals surface area contributed by atoms with Gasteiger partial charge in [0.25, 0.3) is 0 Å². The number of hydrogen-bond acceptors (Lipinski definition) is 3. The molecule has 84 valence electrons. The van der Waals surface area contributed by atoms with Crippen molar-refractivity contribution in [3.05, 3.63) is 29.8 Å². The van der Waals surface area contributed by atoms with Crippen LogP contribution in [0.15, 0.2) is 24.3 Å². The molecule has 1 rings (SSSR count). The Balaban J connectivity index is 0.000000583. The van der Waals surface area contributed by atoms with Crippen molar-refractivity contribution in [2.75, 3.05) is 17.7 Å². The number of halogens is 2. The van der Waals surface area contributed by atoms with Crippen molar-refractivity contribution in [3.63, 3.8) is 0 Å². The molecule has 1 aromatic carbocycles. The molecule has 0 aromatic heterocycles. The van der Waals surface area contributed by atoms with Gasteiger partial charge in [-0.05, 0) is 31.2 Å². The van der Waals surface area contributed by atoms with Crippen LogP contribution in [0.1, 0.15) is 17.3 Å². The zero-order valence-electron chi connectivity index (χ0n) is 8.37. The summed E-state index contributed by atoms with van der Waals surface area (Å²) in [6, 6.07) is 6.64. The lowest BCUT2D eigenvalue weighted by Gasteiger charge is -2.00. The molecule has 0 aliphatic rings. The minimum Gasteiger partial charge on any atom is -0.462 e. The fraction of sp³-hybridized carbons (Fsp3) is 0.300. The summed E-state index contributed by atoms with van der Waals surface area (Å²) in [5.41, 5.74) is 6.62. The number of nitrogen functional groups attached to an aromatic ring is 1. The molecular weight excluding hydrogens is 237 g/mol. The van der Waals surface area contributed by atoms with Crippen LogP contribution in [0.5, 0.6) is 0 Å². The van der Waals surface area contributed by atoms with E-state index in [1.165, 1.54) is 0 Å². The Labute approximate surface area is 99.1 Å². The predicted molar refractivity (Wildman–Crippen MR) is 63.4 cm³/mol. The number of hydrogen-bond donors (Lipinski definition) is 1. The smallest absolute Gasteiger partial charge is 0.338 e. The Kier molecular flexibility index (Phi) is 7.86. The number of rotatable bonds is 2. The van der Waals surface area contributed by atoms with Gasteiger partial charge >= 0.3 is 5.97 Å². The second kappa shape index (κ2) is 8.38. The third-order valence-corrected chi connectivity index (χ3v) is 1.42. The van der Waals surface area contributed by atoms with Gasteiger partial charge < -0.3 is 10.5 Å². The van der Waals surface area contributed by atoms with Crippen LogP contribution in [0.2, 0.25) is 0 Å². The van der Waals surface area contributed by atoms with Crippen molar-refractivity contribution < 1.29 is 9.53 Å². The third-order valence-electron chi connectivity index (χ3n) is 1.42. The Bertz CT molecular complexity index is 288. The van der Waals surface area contributed by atoms with Gasteiger partial charge in [0.05, 0.1) is 17.5 Å². The first-order valence-corrected chi connectivity index (χ1v) is 5.37. The summed E-state index contributed by atoms with van der Waals surface area (Å²) in [6.07, 6.45) is 0. The first-order valence-electron chi connectivity index (χ1n) is 4.30. The van der Waals surface area contributed by atoms with Gasteiger partial charge in [0.1, 0.15) is 0 Å². The molecule has 0 radical (unpaired) electrons. The van der Waals surface area contributed by atoms with Crippen LogP contribution in [0.3, 0.4) is 0 Å². The van der Waals surface area contributed by atoms with E-state index >= 15 is 0 Å². The Morgan fingerprint density at radius 1 is 1.33 bits per heavy atom. The van der Waals surface area contributed by atoms with Gasteiger partial charge in [-0.1, -0.05) is 0 Å². The van der Waals surface area contributed by atoms with Gasteiger partial charge in [-0.3, -0.25) is 0 Å². The van der Waals surface area contributed by atoms with E-state index < -0.39 is 0 Å². The lowest BCUT2D eigenvalue weighted by molar-refractivity contribution is 0.0526. The summed E-state index contributed by atoms with van der Waals surface area (Å²) in [6.45, 7) is 2.17.